The molecule has 1 saturated carbocycles. The maximum Gasteiger partial charge on any atom is 0.303 e. The predicted molar refractivity (Wildman–Crippen MR) is 63.5 cm³/mol. The Kier molecular flexibility index (Phi) is 5.81. The maximum atomic E-state index is 10.6. The monoisotopic (exact) mass is 228 g/mol. The summed E-state index contributed by atoms with van der Waals surface area (Å²) in [4.78, 5) is 10.6. The van der Waals surface area contributed by atoms with E-state index in [1.165, 1.54) is 25.7 Å². The van der Waals surface area contributed by atoms with Gasteiger partial charge in [0.15, 0.2) is 0 Å². The number of aliphatic carboxylic acids is 1. The van der Waals surface area contributed by atoms with E-state index in [1.807, 2.05) is 0 Å². The van der Waals surface area contributed by atoms with Crippen molar-refractivity contribution < 1.29 is 14.6 Å². The molecule has 16 heavy (non-hydrogen) atoms. The van der Waals surface area contributed by atoms with Gasteiger partial charge < -0.3 is 9.84 Å². The van der Waals surface area contributed by atoms with Gasteiger partial charge in [-0.3, -0.25) is 4.79 Å². The number of rotatable bonds is 10. The number of carboxylic acid groups (broad SMARTS) is 1. The molecule has 94 valence electrons. The van der Waals surface area contributed by atoms with Crippen LogP contribution < -0.4 is 0 Å². The molecule has 0 heterocycles. The van der Waals surface area contributed by atoms with Crippen molar-refractivity contribution in [2.24, 2.45) is 5.41 Å². The lowest BCUT2D eigenvalue weighted by Gasteiger charge is -2.12. The molecular formula is C13H24O3. The molecule has 3 nitrogen and oxygen atoms in total. The number of unbranched alkanes of at least 4 members (excludes halogenated alkanes) is 4. The molecule has 0 aromatic heterocycles. The SMILES string of the molecule is CCCCCCCOCC1(CC(=O)O)CC1. The van der Waals surface area contributed by atoms with Gasteiger partial charge in [-0.15, -0.1) is 0 Å². The lowest BCUT2D eigenvalue weighted by atomic mass is 10.0. The van der Waals surface area contributed by atoms with Gasteiger partial charge >= 0.3 is 5.97 Å². The Balaban J connectivity index is 1.93. The second-order valence-corrected chi connectivity index (χ2v) is 5.04. The zero-order valence-electron chi connectivity index (χ0n) is 10.3. The molecule has 0 unspecified atom stereocenters. The van der Waals surface area contributed by atoms with E-state index in [4.69, 9.17) is 9.84 Å². The molecule has 1 N–H and O–H groups in total. The number of carboxylic acids is 1. The highest BCUT2D eigenvalue weighted by molar-refractivity contribution is 5.68. The van der Waals surface area contributed by atoms with Crippen molar-refractivity contribution in [1.82, 2.24) is 0 Å². The van der Waals surface area contributed by atoms with E-state index in [0.29, 0.717) is 6.61 Å². The highest BCUT2D eigenvalue weighted by Gasteiger charge is 2.44. The molecule has 1 aliphatic carbocycles. The van der Waals surface area contributed by atoms with Crippen molar-refractivity contribution in [3.05, 3.63) is 0 Å². The molecular weight excluding hydrogens is 204 g/mol. The summed E-state index contributed by atoms with van der Waals surface area (Å²) in [5, 5.41) is 8.73. The largest absolute Gasteiger partial charge is 0.481 e. The number of hydrogen-bond acceptors (Lipinski definition) is 2. The van der Waals surface area contributed by atoms with Crippen molar-refractivity contribution in [2.45, 2.75) is 58.3 Å². The van der Waals surface area contributed by atoms with Gasteiger partial charge in [-0.1, -0.05) is 32.6 Å². The van der Waals surface area contributed by atoms with Gasteiger partial charge in [0, 0.05) is 12.0 Å². The summed E-state index contributed by atoms with van der Waals surface area (Å²) in [6.45, 7) is 3.65. The first-order chi connectivity index (χ1) is 7.68. The predicted octanol–water partition coefficient (Wildman–Crippen LogP) is 3.23. The van der Waals surface area contributed by atoms with Crippen LogP contribution in [0.1, 0.15) is 58.3 Å². The van der Waals surface area contributed by atoms with E-state index in [9.17, 15) is 4.79 Å². The van der Waals surface area contributed by atoms with Gasteiger partial charge in [-0.2, -0.15) is 0 Å². The Morgan fingerprint density at radius 2 is 1.94 bits per heavy atom. The van der Waals surface area contributed by atoms with E-state index in [1.54, 1.807) is 0 Å². The van der Waals surface area contributed by atoms with Gasteiger partial charge in [0.1, 0.15) is 0 Å². The van der Waals surface area contributed by atoms with Gasteiger partial charge in [-0.25, -0.2) is 0 Å². The second-order valence-electron chi connectivity index (χ2n) is 5.04. The van der Waals surface area contributed by atoms with Crippen LogP contribution in [0.4, 0.5) is 0 Å². The lowest BCUT2D eigenvalue weighted by molar-refractivity contribution is -0.139. The minimum Gasteiger partial charge on any atom is -0.481 e. The molecule has 1 rings (SSSR count). The molecule has 0 radical (unpaired) electrons. The molecule has 0 saturated heterocycles. The Morgan fingerprint density at radius 1 is 1.25 bits per heavy atom. The minimum atomic E-state index is -0.691. The van der Waals surface area contributed by atoms with Crippen molar-refractivity contribution in [1.29, 1.82) is 0 Å². The Hall–Kier alpha value is -0.570. The molecule has 0 aromatic rings. The van der Waals surface area contributed by atoms with Crippen LogP contribution in [-0.2, 0) is 9.53 Å². The number of ether oxygens (including phenoxy) is 1. The molecule has 3 heteroatoms. The topological polar surface area (TPSA) is 46.5 Å². The van der Waals surface area contributed by atoms with Crippen LogP contribution in [0.2, 0.25) is 0 Å². The second kappa shape index (κ2) is 6.89. The average molecular weight is 228 g/mol. The van der Waals surface area contributed by atoms with Crippen molar-refractivity contribution in [2.75, 3.05) is 13.2 Å². The van der Waals surface area contributed by atoms with Gasteiger partial charge in [0.05, 0.1) is 13.0 Å². The van der Waals surface area contributed by atoms with Crippen molar-refractivity contribution in [3.63, 3.8) is 0 Å². The number of carbonyl (C=O) groups is 1. The van der Waals surface area contributed by atoms with Crippen LogP contribution in [0.3, 0.4) is 0 Å². The highest BCUT2D eigenvalue weighted by Crippen LogP contribution is 2.48. The van der Waals surface area contributed by atoms with E-state index in [2.05, 4.69) is 6.92 Å². The molecule has 0 atom stereocenters. The van der Waals surface area contributed by atoms with Crippen LogP contribution in [0.15, 0.2) is 0 Å². The van der Waals surface area contributed by atoms with Crippen LogP contribution in [0.25, 0.3) is 0 Å². The average Bonchev–Trinajstić information content (AvgIpc) is 2.96. The molecule has 1 aliphatic rings. The first-order valence-electron chi connectivity index (χ1n) is 6.48. The summed E-state index contributed by atoms with van der Waals surface area (Å²) in [5.74, 6) is -0.691. The Bertz CT molecular complexity index is 209. The summed E-state index contributed by atoms with van der Waals surface area (Å²) in [5.41, 5.74) is -0.00471. The van der Waals surface area contributed by atoms with E-state index in [-0.39, 0.29) is 11.8 Å². The minimum absolute atomic E-state index is 0.00471. The quantitative estimate of drug-likeness (QED) is 0.584. The lowest BCUT2D eigenvalue weighted by Crippen LogP contribution is -2.15. The number of hydrogen-bond donors (Lipinski definition) is 1. The fourth-order valence-electron chi connectivity index (χ4n) is 1.97. The van der Waals surface area contributed by atoms with Crippen LogP contribution in [0.5, 0.6) is 0 Å². The zero-order chi connectivity index (χ0) is 11.9. The highest BCUT2D eigenvalue weighted by atomic mass is 16.5. The van der Waals surface area contributed by atoms with E-state index < -0.39 is 5.97 Å². The third-order valence-corrected chi connectivity index (χ3v) is 3.28. The van der Waals surface area contributed by atoms with Crippen LogP contribution in [0, 0.1) is 5.41 Å². The van der Waals surface area contributed by atoms with E-state index >= 15 is 0 Å². The van der Waals surface area contributed by atoms with Gasteiger partial charge in [-0.05, 0) is 19.3 Å². The zero-order valence-corrected chi connectivity index (χ0v) is 10.3. The van der Waals surface area contributed by atoms with E-state index in [0.717, 1.165) is 25.9 Å². The smallest absolute Gasteiger partial charge is 0.303 e. The van der Waals surface area contributed by atoms with Crippen molar-refractivity contribution >= 4 is 5.97 Å². The standard InChI is InChI=1S/C13H24O3/c1-2-3-4-5-6-9-16-11-13(7-8-13)10-12(14)15/h2-11H2,1H3,(H,14,15). The third-order valence-electron chi connectivity index (χ3n) is 3.28. The molecule has 0 amide bonds. The normalized spacial score (nSPS) is 17.3. The molecule has 1 fully saturated rings. The molecule has 0 spiro atoms. The molecule has 0 aromatic carbocycles. The van der Waals surface area contributed by atoms with Crippen LogP contribution in [-0.4, -0.2) is 24.3 Å². The molecule has 0 bridgehead atoms. The first-order valence-corrected chi connectivity index (χ1v) is 6.48. The third kappa shape index (κ3) is 5.50. The summed E-state index contributed by atoms with van der Waals surface area (Å²) in [7, 11) is 0. The fraction of sp³-hybridized carbons (Fsp3) is 0.923. The Morgan fingerprint density at radius 3 is 2.50 bits per heavy atom. The first kappa shape index (κ1) is 13.5. The molecule has 0 aliphatic heterocycles. The summed E-state index contributed by atoms with van der Waals surface area (Å²) in [6, 6.07) is 0. The summed E-state index contributed by atoms with van der Waals surface area (Å²) < 4.78 is 5.58. The summed E-state index contributed by atoms with van der Waals surface area (Å²) >= 11 is 0. The Labute approximate surface area is 98.2 Å². The van der Waals surface area contributed by atoms with Gasteiger partial charge in [0.25, 0.3) is 0 Å². The van der Waals surface area contributed by atoms with Crippen molar-refractivity contribution in [3.8, 4) is 0 Å². The summed E-state index contributed by atoms with van der Waals surface area (Å²) in [6.07, 6.45) is 8.54. The maximum absolute atomic E-state index is 10.6. The van der Waals surface area contributed by atoms with Crippen LogP contribution >= 0.6 is 0 Å². The fourth-order valence-corrected chi connectivity index (χ4v) is 1.97. The van der Waals surface area contributed by atoms with Gasteiger partial charge in [0.2, 0.25) is 0 Å².